The summed E-state index contributed by atoms with van der Waals surface area (Å²) in [4.78, 5) is 27.0. The minimum absolute atomic E-state index is 0.0697. The number of pyridine rings is 1. The van der Waals surface area contributed by atoms with Crippen molar-refractivity contribution in [3.05, 3.63) is 23.1 Å². The van der Waals surface area contributed by atoms with E-state index in [1.54, 1.807) is 0 Å². The summed E-state index contributed by atoms with van der Waals surface area (Å²) in [6.45, 7) is -0.0697. The number of carboxylic acids is 1. The lowest BCUT2D eigenvalue weighted by Gasteiger charge is -2.15. The van der Waals surface area contributed by atoms with Gasteiger partial charge in [0.25, 0.3) is 0 Å². The monoisotopic (exact) mass is 258 g/mol. The molecule has 1 aromatic heterocycles. The molecule has 1 amide bonds. The fraction of sp³-hybridized carbons (Fsp3) is 0.300. The van der Waals surface area contributed by atoms with E-state index < -0.39 is 23.6 Å². The first-order valence-corrected chi connectivity index (χ1v) is 5.21. The average molecular weight is 259 g/mol. The molecule has 17 heavy (non-hydrogen) atoms. The highest BCUT2D eigenvalue weighted by Gasteiger charge is 2.36. The van der Waals surface area contributed by atoms with Crippen molar-refractivity contribution < 1.29 is 19.1 Å². The zero-order valence-corrected chi connectivity index (χ0v) is 9.32. The number of carboxylic acid groups (broad SMARTS) is 1. The first-order chi connectivity index (χ1) is 7.99. The van der Waals surface area contributed by atoms with Crippen LogP contribution in [0.25, 0.3) is 0 Å². The van der Waals surface area contributed by atoms with E-state index >= 15 is 0 Å². The van der Waals surface area contributed by atoms with Crippen molar-refractivity contribution in [1.82, 2.24) is 4.98 Å². The number of halogens is 2. The summed E-state index contributed by atoms with van der Waals surface area (Å²) in [5.74, 6) is -3.26. The van der Waals surface area contributed by atoms with Gasteiger partial charge in [0.2, 0.25) is 5.91 Å². The molecule has 1 unspecified atom stereocenters. The van der Waals surface area contributed by atoms with Gasteiger partial charge in [-0.3, -0.25) is 14.5 Å². The lowest BCUT2D eigenvalue weighted by atomic mass is 10.1. The van der Waals surface area contributed by atoms with Gasteiger partial charge in [0.1, 0.15) is 0 Å². The maximum absolute atomic E-state index is 13.5. The van der Waals surface area contributed by atoms with Crippen molar-refractivity contribution in [2.75, 3.05) is 11.4 Å². The number of hydrogen-bond acceptors (Lipinski definition) is 3. The zero-order chi connectivity index (χ0) is 12.6. The van der Waals surface area contributed by atoms with E-state index in [-0.39, 0.29) is 23.8 Å². The van der Waals surface area contributed by atoms with Crippen LogP contribution in [-0.4, -0.2) is 28.5 Å². The fourth-order valence-corrected chi connectivity index (χ4v) is 1.83. The summed E-state index contributed by atoms with van der Waals surface area (Å²) in [7, 11) is 0. The van der Waals surface area contributed by atoms with Crippen LogP contribution in [0.2, 0.25) is 5.02 Å². The maximum Gasteiger partial charge on any atom is 0.308 e. The number of aromatic nitrogens is 1. The Balaban J connectivity index is 2.29. The molecule has 5 nitrogen and oxygen atoms in total. The van der Waals surface area contributed by atoms with Crippen molar-refractivity contribution >= 4 is 29.3 Å². The Bertz CT molecular complexity index is 494. The van der Waals surface area contributed by atoms with Crippen LogP contribution in [0, 0.1) is 11.7 Å². The molecule has 1 N–H and O–H groups in total. The van der Waals surface area contributed by atoms with Gasteiger partial charge < -0.3 is 5.11 Å². The highest BCUT2D eigenvalue weighted by atomic mass is 35.5. The van der Waals surface area contributed by atoms with E-state index in [9.17, 15) is 14.0 Å². The Morgan fingerprint density at radius 2 is 2.35 bits per heavy atom. The van der Waals surface area contributed by atoms with Crippen LogP contribution >= 0.6 is 11.6 Å². The number of carbonyl (C=O) groups excluding carboxylic acids is 1. The molecule has 0 aliphatic carbocycles. The molecule has 1 saturated heterocycles. The maximum atomic E-state index is 13.5. The Kier molecular flexibility index (Phi) is 2.97. The molecule has 0 spiro atoms. The summed E-state index contributed by atoms with van der Waals surface area (Å²) in [5, 5.41) is 8.91. The van der Waals surface area contributed by atoms with Crippen LogP contribution in [0.15, 0.2) is 12.3 Å². The van der Waals surface area contributed by atoms with E-state index in [0.717, 1.165) is 11.0 Å². The molecule has 0 saturated carbocycles. The van der Waals surface area contributed by atoms with Crippen molar-refractivity contribution in [2.45, 2.75) is 6.42 Å². The third-order valence-corrected chi connectivity index (χ3v) is 2.73. The highest BCUT2D eigenvalue weighted by Crippen LogP contribution is 2.26. The second-order valence-electron chi connectivity index (χ2n) is 3.70. The Morgan fingerprint density at radius 1 is 1.65 bits per heavy atom. The zero-order valence-electron chi connectivity index (χ0n) is 8.56. The average Bonchev–Trinajstić information content (AvgIpc) is 2.61. The summed E-state index contributed by atoms with van der Waals surface area (Å²) < 4.78 is 13.5. The number of carbonyl (C=O) groups is 2. The molecule has 1 aliphatic rings. The smallest absolute Gasteiger partial charge is 0.308 e. The van der Waals surface area contributed by atoms with Gasteiger partial charge in [-0.2, -0.15) is 0 Å². The molecule has 1 aliphatic heterocycles. The lowest BCUT2D eigenvalue weighted by Crippen LogP contribution is -2.27. The van der Waals surface area contributed by atoms with Crippen molar-refractivity contribution in [2.24, 2.45) is 5.92 Å². The Morgan fingerprint density at radius 3 is 2.88 bits per heavy atom. The van der Waals surface area contributed by atoms with E-state index in [1.807, 2.05) is 0 Å². The molecule has 7 heteroatoms. The van der Waals surface area contributed by atoms with Crippen LogP contribution in [0.4, 0.5) is 10.2 Å². The number of anilines is 1. The van der Waals surface area contributed by atoms with E-state index in [2.05, 4.69) is 4.98 Å². The topological polar surface area (TPSA) is 70.5 Å². The highest BCUT2D eigenvalue weighted by molar-refractivity contribution is 6.30. The number of aliphatic carboxylic acids is 1. The third-order valence-electron chi connectivity index (χ3n) is 2.52. The molecule has 2 rings (SSSR count). The fourth-order valence-electron chi connectivity index (χ4n) is 1.68. The number of nitrogens with zero attached hydrogens (tertiary/aromatic N) is 2. The number of amides is 1. The van der Waals surface area contributed by atoms with Crippen LogP contribution in [-0.2, 0) is 9.59 Å². The molecule has 90 valence electrons. The summed E-state index contributed by atoms with van der Waals surface area (Å²) in [5.41, 5.74) is 0. The third kappa shape index (κ3) is 2.21. The van der Waals surface area contributed by atoms with E-state index in [0.29, 0.717) is 0 Å². The molecule has 0 radical (unpaired) electrons. The minimum atomic E-state index is -1.07. The number of rotatable bonds is 2. The van der Waals surface area contributed by atoms with Gasteiger partial charge in [-0.1, -0.05) is 11.6 Å². The van der Waals surface area contributed by atoms with Gasteiger partial charge in [-0.05, 0) is 6.07 Å². The standard InChI is InChI=1S/C10H8ClFN2O3/c11-6-2-7(12)9(13-3-6)14-4-5(10(16)17)1-8(14)15/h2-3,5H,1,4H2,(H,16,17). The molecular formula is C10H8ClFN2O3. The van der Waals surface area contributed by atoms with Crippen molar-refractivity contribution in [1.29, 1.82) is 0 Å². The predicted molar refractivity (Wildman–Crippen MR) is 57.3 cm³/mol. The molecule has 0 aromatic carbocycles. The van der Waals surface area contributed by atoms with Crippen molar-refractivity contribution in [3.63, 3.8) is 0 Å². The van der Waals surface area contributed by atoms with Crippen molar-refractivity contribution in [3.8, 4) is 0 Å². The molecule has 0 bridgehead atoms. The largest absolute Gasteiger partial charge is 0.481 e. The second kappa shape index (κ2) is 4.29. The number of hydrogen-bond donors (Lipinski definition) is 1. The summed E-state index contributed by atoms with van der Waals surface area (Å²) in [6, 6.07) is 1.03. The Labute approximate surface area is 101 Å². The molecule has 1 aromatic rings. The first kappa shape index (κ1) is 11.8. The predicted octanol–water partition coefficient (Wildman–Crippen LogP) is 1.31. The first-order valence-electron chi connectivity index (χ1n) is 4.83. The van der Waals surface area contributed by atoms with E-state index in [4.69, 9.17) is 16.7 Å². The summed E-state index contributed by atoms with van der Waals surface area (Å²) >= 11 is 5.54. The minimum Gasteiger partial charge on any atom is -0.481 e. The normalized spacial score (nSPS) is 19.8. The molecular weight excluding hydrogens is 251 g/mol. The molecule has 1 fully saturated rings. The second-order valence-corrected chi connectivity index (χ2v) is 4.14. The van der Waals surface area contributed by atoms with Crippen LogP contribution in [0.5, 0.6) is 0 Å². The summed E-state index contributed by atoms with van der Waals surface area (Å²) in [6.07, 6.45) is 1.07. The quantitative estimate of drug-likeness (QED) is 0.868. The van der Waals surface area contributed by atoms with Gasteiger partial charge >= 0.3 is 5.97 Å². The van der Waals surface area contributed by atoms with E-state index in [1.165, 1.54) is 6.20 Å². The van der Waals surface area contributed by atoms with Gasteiger partial charge in [0.15, 0.2) is 11.6 Å². The SMILES string of the molecule is O=C(O)C1CC(=O)N(c2ncc(Cl)cc2F)C1. The molecule has 1 atom stereocenters. The van der Waals surface area contributed by atoms with Gasteiger partial charge in [0.05, 0.1) is 10.9 Å². The van der Waals surface area contributed by atoms with Gasteiger partial charge in [-0.15, -0.1) is 0 Å². The van der Waals surface area contributed by atoms with Gasteiger partial charge in [-0.25, -0.2) is 9.37 Å². The Hall–Kier alpha value is -1.69. The van der Waals surface area contributed by atoms with Gasteiger partial charge in [0, 0.05) is 19.2 Å². The molecule has 2 heterocycles. The van der Waals surface area contributed by atoms with Crippen LogP contribution in [0.3, 0.4) is 0 Å². The lowest BCUT2D eigenvalue weighted by molar-refractivity contribution is -0.141. The van der Waals surface area contributed by atoms with Crippen LogP contribution < -0.4 is 4.90 Å². The van der Waals surface area contributed by atoms with Crippen LogP contribution in [0.1, 0.15) is 6.42 Å².